The molecule has 0 atom stereocenters. The molecule has 0 saturated heterocycles. The number of benzene rings is 1. The molecular weight excluding hydrogens is 210 g/mol. The Kier molecular flexibility index (Phi) is 4.72. The van der Waals surface area contributed by atoms with E-state index in [2.05, 4.69) is 0 Å². The van der Waals surface area contributed by atoms with Crippen molar-refractivity contribution in [3.05, 3.63) is 33.9 Å². The molecule has 1 aromatic rings. The van der Waals surface area contributed by atoms with Crippen molar-refractivity contribution in [2.75, 3.05) is 20.3 Å². The number of hydrogen-bond donors (Lipinski definition) is 0. The van der Waals surface area contributed by atoms with Crippen molar-refractivity contribution in [1.82, 2.24) is 0 Å². The van der Waals surface area contributed by atoms with Crippen molar-refractivity contribution in [2.24, 2.45) is 0 Å². The van der Waals surface area contributed by atoms with Crippen LogP contribution in [0.3, 0.4) is 0 Å². The fourth-order valence-electron chi connectivity index (χ4n) is 1.28. The van der Waals surface area contributed by atoms with Crippen molar-refractivity contribution < 1.29 is 14.4 Å². The fourth-order valence-corrected chi connectivity index (χ4v) is 1.28. The van der Waals surface area contributed by atoms with Crippen molar-refractivity contribution in [3.8, 4) is 5.75 Å². The molecule has 0 amide bonds. The summed E-state index contributed by atoms with van der Waals surface area (Å²) >= 11 is 0. The highest BCUT2D eigenvalue weighted by atomic mass is 16.6. The molecule has 88 valence electrons. The third-order valence-corrected chi connectivity index (χ3v) is 2.06. The Hall–Kier alpha value is -1.62. The van der Waals surface area contributed by atoms with Gasteiger partial charge in [-0.3, -0.25) is 10.1 Å². The maximum absolute atomic E-state index is 10.8. The Balaban J connectivity index is 2.67. The number of methoxy groups -OCH3 is 1. The van der Waals surface area contributed by atoms with E-state index in [4.69, 9.17) is 9.47 Å². The third-order valence-electron chi connectivity index (χ3n) is 2.06. The van der Waals surface area contributed by atoms with Crippen LogP contribution in [0.1, 0.15) is 12.0 Å². The summed E-state index contributed by atoms with van der Waals surface area (Å²) in [6.07, 6.45) is 0.710. The van der Waals surface area contributed by atoms with Gasteiger partial charge in [0.25, 0.3) is 0 Å². The maximum atomic E-state index is 10.8. The highest BCUT2D eigenvalue weighted by Gasteiger charge is 2.14. The van der Waals surface area contributed by atoms with Gasteiger partial charge in [-0.15, -0.1) is 0 Å². The first-order valence-electron chi connectivity index (χ1n) is 5.02. The predicted octanol–water partition coefficient (Wildman–Crippen LogP) is 2.32. The SMILES string of the molecule is COCCCOc1ccc(C)cc1[N+](=O)[O-]. The number of ether oxygens (including phenoxy) is 2. The summed E-state index contributed by atoms with van der Waals surface area (Å²) in [7, 11) is 1.61. The summed E-state index contributed by atoms with van der Waals surface area (Å²) in [4.78, 5) is 10.3. The molecule has 0 radical (unpaired) electrons. The van der Waals surface area contributed by atoms with Gasteiger partial charge in [0.2, 0.25) is 0 Å². The lowest BCUT2D eigenvalue weighted by molar-refractivity contribution is -0.385. The molecule has 5 heteroatoms. The molecule has 0 aliphatic rings. The van der Waals surface area contributed by atoms with Crippen LogP contribution in [0, 0.1) is 17.0 Å². The first-order chi connectivity index (χ1) is 7.65. The number of rotatable bonds is 6. The zero-order valence-electron chi connectivity index (χ0n) is 9.43. The van der Waals surface area contributed by atoms with Crippen LogP contribution >= 0.6 is 0 Å². The van der Waals surface area contributed by atoms with Crippen LogP contribution in [0.2, 0.25) is 0 Å². The van der Waals surface area contributed by atoms with Crippen LogP contribution in [0.25, 0.3) is 0 Å². The van der Waals surface area contributed by atoms with Gasteiger partial charge in [0.05, 0.1) is 11.5 Å². The molecule has 0 fully saturated rings. The molecule has 0 spiro atoms. The normalized spacial score (nSPS) is 10.1. The zero-order valence-corrected chi connectivity index (χ0v) is 9.43. The number of aryl methyl sites for hydroxylation is 1. The lowest BCUT2D eigenvalue weighted by Gasteiger charge is -2.06. The van der Waals surface area contributed by atoms with Gasteiger partial charge >= 0.3 is 5.69 Å². The second-order valence-electron chi connectivity index (χ2n) is 3.42. The average molecular weight is 225 g/mol. The van der Waals surface area contributed by atoms with Gasteiger partial charge in [-0.2, -0.15) is 0 Å². The largest absolute Gasteiger partial charge is 0.487 e. The van der Waals surface area contributed by atoms with E-state index in [-0.39, 0.29) is 5.69 Å². The zero-order chi connectivity index (χ0) is 12.0. The highest BCUT2D eigenvalue weighted by Crippen LogP contribution is 2.27. The Morgan fingerprint density at radius 1 is 1.38 bits per heavy atom. The van der Waals surface area contributed by atoms with E-state index >= 15 is 0 Å². The van der Waals surface area contributed by atoms with Gasteiger partial charge in [0.1, 0.15) is 0 Å². The molecule has 0 saturated carbocycles. The fraction of sp³-hybridized carbons (Fsp3) is 0.455. The summed E-state index contributed by atoms with van der Waals surface area (Å²) in [5.74, 6) is 0.312. The topological polar surface area (TPSA) is 61.6 Å². The quantitative estimate of drug-likeness (QED) is 0.423. The van der Waals surface area contributed by atoms with Crippen LogP contribution in [-0.4, -0.2) is 25.2 Å². The number of nitro groups is 1. The van der Waals surface area contributed by atoms with Gasteiger partial charge in [0, 0.05) is 26.2 Å². The van der Waals surface area contributed by atoms with Crippen molar-refractivity contribution in [1.29, 1.82) is 0 Å². The summed E-state index contributed by atoms with van der Waals surface area (Å²) in [5, 5.41) is 10.8. The Morgan fingerprint density at radius 2 is 2.12 bits per heavy atom. The molecule has 0 N–H and O–H groups in total. The summed E-state index contributed by atoms with van der Waals surface area (Å²) in [5.41, 5.74) is 0.855. The molecule has 1 rings (SSSR count). The van der Waals surface area contributed by atoms with Crippen LogP contribution < -0.4 is 4.74 Å². The number of nitro benzene ring substituents is 1. The first-order valence-corrected chi connectivity index (χ1v) is 5.02. The van der Waals surface area contributed by atoms with Crippen molar-refractivity contribution >= 4 is 5.69 Å². The van der Waals surface area contributed by atoms with E-state index in [9.17, 15) is 10.1 Å². The van der Waals surface area contributed by atoms with Crippen molar-refractivity contribution in [3.63, 3.8) is 0 Å². The molecule has 0 aliphatic carbocycles. The van der Waals surface area contributed by atoms with Gasteiger partial charge in [-0.05, 0) is 18.6 Å². The number of nitrogens with zero attached hydrogens (tertiary/aromatic N) is 1. The second kappa shape index (κ2) is 6.07. The predicted molar refractivity (Wildman–Crippen MR) is 59.8 cm³/mol. The minimum atomic E-state index is -0.432. The van der Waals surface area contributed by atoms with Crippen LogP contribution in [0.15, 0.2) is 18.2 Å². The van der Waals surface area contributed by atoms with E-state index in [1.54, 1.807) is 19.2 Å². The van der Waals surface area contributed by atoms with Crippen LogP contribution in [-0.2, 0) is 4.74 Å². The minimum Gasteiger partial charge on any atom is -0.487 e. The Morgan fingerprint density at radius 3 is 2.75 bits per heavy atom. The van der Waals surface area contributed by atoms with Crippen LogP contribution in [0.5, 0.6) is 5.75 Å². The van der Waals surface area contributed by atoms with E-state index in [1.165, 1.54) is 6.07 Å². The van der Waals surface area contributed by atoms with E-state index in [0.717, 1.165) is 5.56 Å². The van der Waals surface area contributed by atoms with Crippen LogP contribution in [0.4, 0.5) is 5.69 Å². The standard InChI is InChI=1S/C11H15NO4/c1-9-4-5-11(10(8-9)12(13)14)16-7-3-6-15-2/h4-5,8H,3,6-7H2,1-2H3. The maximum Gasteiger partial charge on any atom is 0.311 e. The molecule has 0 bridgehead atoms. The summed E-state index contributed by atoms with van der Waals surface area (Å²) in [6, 6.07) is 4.92. The molecule has 0 aromatic heterocycles. The molecule has 5 nitrogen and oxygen atoms in total. The molecule has 0 aliphatic heterocycles. The molecule has 1 aromatic carbocycles. The monoisotopic (exact) mass is 225 g/mol. The van der Waals surface area contributed by atoms with Crippen molar-refractivity contribution in [2.45, 2.75) is 13.3 Å². The summed E-state index contributed by atoms with van der Waals surface area (Å²) in [6.45, 7) is 2.80. The smallest absolute Gasteiger partial charge is 0.311 e. The van der Waals surface area contributed by atoms with Gasteiger partial charge in [-0.1, -0.05) is 6.07 Å². The Labute approximate surface area is 94.1 Å². The average Bonchev–Trinajstić information content (AvgIpc) is 2.26. The lowest BCUT2D eigenvalue weighted by atomic mass is 10.2. The van der Waals surface area contributed by atoms with E-state index in [1.807, 2.05) is 6.92 Å². The second-order valence-corrected chi connectivity index (χ2v) is 3.42. The Bertz CT molecular complexity index is 365. The first kappa shape index (κ1) is 12.4. The summed E-state index contributed by atoms with van der Waals surface area (Å²) < 4.78 is 10.2. The van der Waals surface area contributed by atoms with Gasteiger partial charge in [-0.25, -0.2) is 0 Å². The molecular formula is C11H15NO4. The third kappa shape index (κ3) is 3.51. The van der Waals surface area contributed by atoms with E-state index in [0.29, 0.717) is 25.4 Å². The van der Waals surface area contributed by atoms with Gasteiger partial charge in [0.15, 0.2) is 5.75 Å². The molecule has 0 unspecified atom stereocenters. The number of hydrogen-bond acceptors (Lipinski definition) is 4. The lowest BCUT2D eigenvalue weighted by Crippen LogP contribution is -2.03. The van der Waals surface area contributed by atoms with E-state index < -0.39 is 4.92 Å². The molecule has 16 heavy (non-hydrogen) atoms. The van der Waals surface area contributed by atoms with Gasteiger partial charge < -0.3 is 9.47 Å². The molecule has 0 heterocycles. The minimum absolute atomic E-state index is 0.0115. The highest BCUT2D eigenvalue weighted by molar-refractivity contribution is 5.48.